The molecule has 2 N–H and O–H groups in total. The SMILES string of the molecule is CCOC(=O)CSc1nnc(-c2ccco2)n1N. The Morgan fingerprint density at radius 1 is 1.61 bits per heavy atom. The van der Waals surface area contributed by atoms with E-state index in [0.29, 0.717) is 23.3 Å². The number of nitrogens with zero attached hydrogens (tertiary/aromatic N) is 3. The molecule has 0 amide bonds. The van der Waals surface area contributed by atoms with Gasteiger partial charge in [0, 0.05) is 0 Å². The Hall–Kier alpha value is -1.96. The molecular weight excluding hydrogens is 256 g/mol. The number of hydrogen-bond acceptors (Lipinski definition) is 7. The van der Waals surface area contributed by atoms with Crippen molar-refractivity contribution in [1.82, 2.24) is 14.9 Å². The van der Waals surface area contributed by atoms with Crippen LogP contribution in [-0.2, 0) is 9.53 Å². The van der Waals surface area contributed by atoms with Crippen LogP contribution in [-0.4, -0.2) is 33.2 Å². The highest BCUT2D eigenvalue weighted by Crippen LogP contribution is 2.21. The molecule has 0 aliphatic rings. The molecule has 0 fully saturated rings. The molecule has 0 bridgehead atoms. The van der Waals surface area contributed by atoms with Crippen LogP contribution in [0.5, 0.6) is 0 Å². The van der Waals surface area contributed by atoms with E-state index in [-0.39, 0.29) is 11.7 Å². The zero-order valence-corrected chi connectivity index (χ0v) is 10.5. The summed E-state index contributed by atoms with van der Waals surface area (Å²) in [6.45, 7) is 2.11. The van der Waals surface area contributed by atoms with E-state index in [1.54, 1.807) is 19.1 Å². The molecule has 0 radical (unpaired) electrons. The number of nitrogens with two attached hydrogens (primary N) is 1. The summed E-state index contributed by atoms with van der Waals surface area (Å²) in [4.78, 5) is 11.2. The van der Waals surface area contributed by atoms with Crippen molar-refractivity contribution in [2.24, 2.45) is 0 Å². The topological polar surface area (TPSA) is 96.2 Å². The number of furan rings is 1. The Morgan fingerprint density at radius 2 is 2.44 bits per heavy atom. The second-order valence-corrected chi connectivity index (χ2v) is 4.19. The minimum absolute atomic E-state index is 0.140. The van der Waals surface area contributed by atoms with E-state index in [0.717, 1.165) is 11.8 Å². The van der Waals surface area contributed by atoms with Crippen LogP contribution in [0.3, 0.4) is 0 Å². The first-order valence-electron chi connectivity index (χ1n) is 5.25. The molecule has 2 aromatic heterocycles. The number of hydrogen-bond donors (Lipinski definition) is 1. The fourth-order valence-corrected chi connectivity index (χ4v) is 1.93. The number of thioether (sulfide) groups is 1. The first-order chi connectivity index (χ1) is 8.72. The summed E-state index contributed by atoms with van der Waals surface area (Å²) in [7, 11) is 0. The average Bonchev–Trinajstić information content (AvgIpc) is 2.96. The molecule has 7 nitrogen and oxygen atoms in total. The smallest absolute Gasteiger partial charge is 0.316 e. The molecular formula is C10H12N4O3S. The highest BCUT2D eigenvalue weighted by atomic mass is 32.2. The van der Waals surface area contributed by atoms with Gasteiger partial charge in [-0.2, -0.15) is 0 Å². The lowest BCUT2D eigenvalue weighted by Crippen LogP contribution is -2.13. The van der Waals surface area contributed by atoms with Crippen LogP contribution in [0.15, 0.2) is 28.0 Å². The number of rotatable bonds is 5. The first kappa shape index (κ1) is 12.5. The molecule has 0 saturated heterocycles. The van der Waals surface area contributed by atoms with Crippen LogP contribution in [0.1, 0.15) is 6.92 Å². The quantitative estimate of drug-likeness (QED) is 0.489. The second-order valence-electron chi connectivity index (χ2n) is 3.25. The summed E-state index contributed by atoms with van der Waals surface area (Å²) in [6.07, 6.45) is 1.52. The van der Waals surface area contributed by atoms with Gasteiger partial charge in [-0.15, -0.1) is 10.2 Å². The molecule has 2 aromatic rings. The second kappa shape index (κ2) is 5.58. The fraction of sp³-hybridized carbons (Fsp3) is 0.300. The zero-order chi connectivity index (χ0) is 13.0. The predicted octanol–water partition coefficient (Wildman–Crippen LogP) is 0.907. The Morgan fingerprint density at radius 3 is 3.11 bits per heavy atom. The standard InChI is InChI=1S/C10H12N4O3S/c1-2-16-8(15)6-18-10-13-12-9(14(10)11)7-4-3-5-17-7/h3-5H,2,6,11H2,1H3. The van der Waals surface area contributed by atoms with Gasteiger partial charge in [-0.3, -0.25) is 4.79 Å². The monoisotopic (exact) mass is 268 g/mol. The lowest BCUT2D eigenvalue weighted by Gasteiger charge is -2.02. The third kappa shape index (κ3) is 2.65. The third-order valence-corrected chi connectivity index (χ3v) is 2.95. The van der Waals surface area contributed by atoms with E-state index in [1.807, 2.05) is 0 Å². The summed E-state index contributed by atoms with van der Waals surface area (Å²) in [5.41, 5.74) is 0. The summed E-state index contributed by atoms with van der Waals surface area (Å²) in [5, 5.41) is 8.22. The van der Waals surface area contributed by atoms with Crippen molar-refractivity contribution >= 4 is 17.7 Å². The molecule has 0 spiro atoms. The van der Waals surface area contributed by atoms with Crippen molar-refractivity contribution in [1.29, 1.82) is 0 Å². The van der Waals surface area contributed by atoms with Crippen LogP contribution >= 0.6 is 11.8 Å². The van der Waals surface area contributed by atoms with E-state index in [4.69, 9.17) is 15.0 Å². The van der Waals surface area contributed by atoms with Crippen molar-refractivity contribution in [2.45, 2.75) is 12.1 Å². The average molecular weight is 268 g/mol. The summed E-state index contributed by atoms with van der Waals surface area (Å²) >= 11 is 1.16. The molecule has 18 heavy (non-hydrogen) atoms. The van der Waals surface area contributed by atoms with E-state index < -0.39 is 0 Å². The third-order valence-electron chi connectivity index (χ3n) is 2.03. The van der Waals surface area contributed by atoms with Gasteiger partial charge in [0.1, 0.15) is 0 Å². The predicted molar refractivity (Wildman–Crippen MR) is 65.2 cm³/mol. The molecule has 2 rings (SSSR count). The highest BCUT2D eigenvalue weighted by Gasteiger charge is 2.15. The maximum atomic E-state index is 11.2. The molecule has 2 heterocycles. The molecule has 0 saturated carbocycles. The normalized spacial score (nSPS) is 10.5. The number of ether oxygens (including phenoxy) is 1. The van der Waals surface area contributed by atoms with Gasteiger partial charge in [-0.05, 0) is 19.1 Å². The Bertz CT molecular complexity index is 523. The zero-order valence-electron chi connectivity index (χ0n) is 9.70. The Kier molecular flexibility index (Phi) is 3.88. The van der Waals surface area contributed by atoms with Gasteiger partial charge in [-0.1, -0.05) is 11.8 Å². The van der Waals surface area contributed by atoms with Crippen molar-refractivity contribution in [3.63, 3.8) is 0 Å². The number of carbonyl (C=O) groups excluding carboxylic acids is 1. The molecule has 0 aliphatic carbocycles. The molecule has 0 atom stereocenters. The van der Waals surface area contributed by atoms with Gasteiger partial charge < -0.3 is 15.0 Å². The van der Waals surface area contributed by atoms with Gasteiger partial charge in [0.05, 0.1) is 18.6 Å². The van der Waals surface area contributed by atoms with E-state index >= 15 is 0 Å². The fourth-order valence-electron chi connectivity index (χ4n) is 1.28. The molecule has 96 valence electrons. The van der Waals surface area contributed by atoms with Crippen molar-refractivity contribution in [3.05, 3.63) is 18.4 Å². The van der Waals surface area contributed by atoms with Gasteiger partial charge in [-0.25, -0.2) is 4.68 Å². The van der Waals surface area contributed by atoms with Gasteiger partial charge in [0.2, 0.25) is 11.0 Å². The lowest BCUT2D eigenvalue weighted by molar-refractivity contribution is -0.139. The largest absolute Gasteiger partial charge is 0.465 e. The van der Waals surface area contributed by atoms with Gasteiger partial charge in [0.25, 0.3) is 0 Å². The van der Waals surface area contributed by atoms with E-state index in [1.165, 1.54) is 10.9 Å². The van der Waals surface area contributed by atoms with Crippen LogP contribution < -0.4 is 5.84 Å². The van der Waals surface area contributed by atoms with Crippen LogP contribution in [0.2, 0.25) is 0 Å². The molecule has 0 aliphatic heterocycles. The maximum absolute atomic E-state index is 11.2. The minimum atomic E-state index is -0.315. The van der Waals surface area contributed by atoms with Crippen LogP contribution in [0.4, 0.5) is 0 Å². The highest BCUT2D eigenvalue weighted by molar-refractivity contribution is 7.99. The number of carbonyl (C=O) groups is 1. The minimum Gasteiger partial charge on any atom is -0.465 e. The lowest BCUT2D eigenvalue weighted by atomic mass is 10.4. The molecule has 0 aromatic carbocycles. The summed E-state index contributed by atoms with van der Waals surface area (Å²) < 4.78 is 11.3. The molecule has 8 heteroatoms. The number of nitrogen functional groups attached to an aromatic ring is 1. The van der Waals surface area contributed by atoms with Crippen LogP contribution in [0, 0.1) is 0 Å². The van der Waals surface area contributed by atoms with E-state index in [9.17, 15) is 4.79 Å². The molecule has 0 unspecified atom stereocenters. The number of aromatic nitrogens is 3. The summed E-state index contributed by atoms with van der Waals surface area (Å²) in [5.74, 6) is 6.57. The Labute approximate surface area is 107 Å². The van der Waals surface area contributed by atoms with Gasteiger partial charge in [0.15, 0.2) is 5.76 Å². The van der Waals surface area contributed by atoms with Crippen molar-refractivity contribution in [3.8, 4) is 11.6 Å². The van der Waals surface area contributed by atoms with Crippen molar-refractivity contribution in [2.75, 3.05) is 18.2 Å². The summed E-state index contributed by atoms with van der Waals surface area (Å²) in [6, 6.07) is 3.46. The number of esters is 1. The van der Waals surface area contributed by atoms with Crippen molar-refractivity contribution < 1.29 is 13.9 Å². The maximum Gasteiger partial charge on any atom is 0.316 e. The van der Waals surface area contributed by atoms with Gasteiger partial charge >= 0.3 is 5.97 Å². The Balaban J connectivity index is 2.05. The van der Waals surface area contributed by atoms with Crippen LogP contribution in [0.25, 0.3) is 11.6 Å². The first-order valence-corrected chi connectivity index (χ1v) is 6.23. The van der Waals surface area contributed by atoms with E-state index in [2.05, 4.69) is 10.2 Å².